The SMILES string of the molecule is CN(CC(=O)O)c1nnc(-c2ccccc2F)n1C. The van der Waals surface area contributed by atoms with Crippen LogP contribution in [0.3, 0.4) is 0 Å². The summed E-state index contributed by atoms with van der Waals surface area (Å²) < 4.78 is 15.2. The first-order chi connectivity index (χ1) is 9.00. The summed E-state index contributed by atoms with van der Waals surface area (Å²) >= 11 is 0. The van der Waals surface area contributed by atoms with Crippen molar-refractivity contribution in [3.05, 3.63) is 30.1 Å². The molecule has 2 rings (SSSR count). The molecular formula is C12H13FN4O2. The normalized spacial score (nSPS) is 10.5. The highest BCUT2D eigenvalue weighted by molar-refractivity contribution is 5.72. The molecule has 0 unspecified atom stereocenters. The van der Waals surface area contributed by atoms with Crippen LogP contribution in [0.25, 0.3) is 11.4 Å². The highest BCUT2D eigenvalue weighted by Gasteiger charge is 2.17. The van der Waals surface area contributed by atoms with Gasteiger partial charge in [-0.2, -0.15) is 0 Å². The molecule has 0 radical (unpaired) electrons. The van der Waals surface area contributed by atoms with Crippen LogP contribution in [0.15, 0.2) is 24.3 Å². The van der Waals surface area contributed by atoms with Gasteiger partial charge in [0.05, 0.1) is 5.56 Å². The summed E-state index contributed by atoms with van der Waals surface area (Å²) in [5, 5.41) is 16.6. The van der Waals surface area contributed by atoms with Gasteiger partial charge in [-0.25, -0.2) is 4.39 Å². The quantitative estimate of drug-likeness (QED) is 0.896. The number of halogens is 1. The summed E-state index contributed by atoms with van der Waals surface area (Å²) in [5.41, 5.74) is 0.326. The summed E-state index contributed by atoms with van der Waals surface area (Å²) in [6, 6.07) is 6.23. The van der Waals surface area contributed by atoms with Gasteiger partial charge in [-0.05, 0) is 12.1 Å². The van der Waals surface area contributed by atoms with Crippen molar-refractivity contribution < 1.29 is 14.3 Å². The molecule has 19 heavy (non-hydrogen) atoms. The number of hydrogen-bond acceptors (Lipinski definition) is 4. The number of nitrogens with zero attached hydrogens (tertiary/aromatic N) is 4. The van der Waals surface area contributed by atoms with E-state index in [1.165, 1.54) is 11.0 Å². The van der Waals surface area contributed by atoms with Crippen molar-refractivity contribution in [2.24, 2.45) is 7.05 Å². The molecule has 0 fully saturated rings. The Kier molecular flexibility index (Phi) is 3.46. The van der Waals surface area contributed by atoms with E-state index < -0.39 is 11.8 Å². The van der Waals surface area contributed by atoms with E-state index in [2.05, 4.69) is 10.2 Å². The van der Waals surface area contributed by atoms with Gasteiger partial charge in [0.25, 0.3) is 0 Å². The van der Waals surface area contributed by atoms with Crippen molar-refractivity contribution in [2.75, 3.05) is 18.5 Å². The van der Waals surface area contributed by atoms with Gasteiger partial charge < -0.3 is 10.0 Å². The van der Waals surface area contributed by atoms with Crippen molar-refractivity contribution in [1.82, 2.24) is 14.8 Å². The first-order valence-electron chi connectivity index (χ1n) is 5.58. The topological polar surface area (TPSA) is 71.2 Å². The van der Waals surface area contributed by atoms with Crippen molar-refractivity contribution in [1.29, 1.82) is 0 Å². The highest BCUT2D eigenvalue weighted by atomic mass is 19.1. The number of rotatable bonds is 4. The minimum atomic E-state index is -0.974. The fraction of sp³-hybridized carbons (Fsp3) is 0.250. The zero-order valence-corrected chi connectivity index (χ0v) is 10.5. The van der Waals surface area contributed by atoms with Gasteiger partial charge in [-0.1, -0.05) is 12.1 Å². The largest absolute Gasteiger partial charge is 0.480 e. The summed E-state index contributed by atoms with van der Waals surface area (Å²) in [5.74, 6) is -0.658. The van der Waals surface area contributed by atoms with Crippen LogP contribution in [-0.2, 0) is 11.8 Å². The van der Waals surface area contributed by atoms with Crippen LogP contribution in [0.2, 0.25) is 0 Å². The lowest BCUT2D eigenvalue weighted by molar-refractivity contribution is -0.135. The lowest BCUT2D eigenvalue weighted by Crippen LogP contribution is -2.27. The van der Waals surface area contributed by atoms with Crippen LogP contribution in [0.1, 0.15) is 0 Å². The average molecular weight is 264 g/mol. The van der Waals surface area contributed by atoms with Crippen LogP contribution < -0.4 is 4.90 Å². The molecule has 0 aliphatic rings. The van der Waals surface area contributed by atoms with Gasteiger partial charge in [0.15, 0.2) is 5.82 Å². The fourth-order valence-corrected chi connectivity index (χ4v) is 1.80. The molecule has 0 bridgehead atoms. The molecule has 0 saturated heterocycles. The molecule has 1 aromatic heterocycles. The third-order valence-corrected chi connectivity index (χ3v) is 2.68. The maximum Gasteiger partial charge on any atom is 0.323 e. The van der Waals surface area contributed by atoms with Gasteiger partial charge >= 0.3 is 5.97 Å². The third kappa shape index (κ3) is 2.54. The molecule has 0 aliphatic heterocycles. The van der Waals surface area contributed by atoms with Crippen molar-refractivity contribution in [3.63, 3.8) is 0 Å². The fourth-order valence-electron chi connectivity index (χ4n) is 1.80. The Balaban J connectivity index is 2.38. The van der Waals surface area contributed by atoms with Crippen LogP contribution in [0.5, 0.6) is 0 Å². The van der Waals surface area contributed by atoms with E-state index in [1.807, 2.05) is 0 Å². The number of likely N-dealkylation sites (N-methyl/N-ethyl adjacent to an activating group) is 1. The van der Waals surface area contributed by atoms with Crippen LogP contribution in [0, 0.1) is 5.82 Å². The van der Waals surface area contributed by atoms with Crippen LogP contribution in [-0.4, -0.2) is 39.4 Å². The Morgan fingerprint density at radius 1 is 1.42 bits per heavy atom. The molecule has 2 aromatic rings. The second-order valence-corrected chi connectivity index (χ2v) is 4.11. The monoisotopic (exact) mass is 264 g/mol. The lowest BCUT2D eigenvalue weighted by Gasteiger charge is -2.15. The Morgan fingerprint density at radius 3 is 2.74 bits per heavy atom. The average Bonchev–Trinajstić information content (AvgIpc) is 2.71. The summed E-state index contributed by atoms with van der Waals surface area (Å²) in [4.78, 5) is 12.1. The molecule has 1 N–H and O–H groups in total. The molecule has 0 atom stereocenters. The first kappa shape index (κ1) is 13.0. The van der Waals surface area contributed by atoms with Gasteiger partial charge in [0, 0.05) is 14.1 Å². The maximum absolute atomic E-state index is 13.7. The Hall–Kier alpha value is -2.44. The number of aromatic nitrogens is 3. The molecule has 7 heteroatoms. The van der Waals surface area contributed by atoms with Crippen LogP contribution in [0.4, 0.5) is 10.3 Å². The molecule has 1 aromatic carbocycles. The third-order valence-electron chi connectivity index (χ3n) is 2.68. The lowest BCUT2D eigenvalue weighted by atomic mass is 10.2. The number of carbonyl (C=O) groups is 1. The number of carboxylic acids is 1. The van der Waals surface area contributed by atoms with E-state index in [0.717, 1.165) is 0 Å². The summed E-state index contributed by atoms with van der Waals surface area (Å²) in [7, 11) is 3.25. The molecule has 1 heterocycles. The number of carboxylic acid groups (broad SMARTS) is 1. The minimum absolute atomic E-state index is 0.205. The van der Waals surface area contributed by atoms with Gasteiger partial charge in [-0.15, -0.1) is 10.2 Å². The first-order valence-corrected chi connectivity index (χ1v) is 5.58. The minimum Gasteiger partial charge on any atom is -0.480 e. The molecule has 0 aliphatic carbocycles. The van der Waals surface area contributed by atoms with Crippen molar-refractivity contribution >= 4 is 11.9 Å². The van der Waals surface area contributed by atoms with Crippen LogP contribution >= 0.6 is 0 Å². The molecular weight excluding hydrogens is 251 g/mol. The second kappa shape index (κ2) is 5.05. The van der Waals surface area contributed by atoms with E-state index in [-0.39, 0.29) is 6.54 Å². The van der Waals surface area contributed by atoms with Gasteiger partial charge in [0.2, 0.25) is 5.95 Å². The Morgan fingerprint density at radius 2 is 2.11 bits per heavy atom. The van der Waals surface area contributed by atoms with E-state index in [0.29, 0.717) is 17.3 Å². The Bertz CT molecular complexity index is 612. The number of hydrogen-bond donors (Lipinski definition) is 1. The molecule has 0 amide bonds. The standard InChI is InChI=1S/C12H13FN4O2/c1-16(7-10(18)19)12-15-14-11(17(12)2)8-5-3-4-6-9(8)13/h3-6H,7H2,1-2H3,(H,18,19). The van der Waals surface area contributed by atoms with E-state index in [1.54, 1.807) is 36.9 Å². The summed E-state index contributed by atoms with van der Waals surface area (Å²) in [6.07, 6.45) is 0. The number of aliphatic carboxylic acids is 1. The predicted molar refractivity (Wildman–Crippen MR) is 67.3 cm³/mol. The highest BCUT2D eigenvalue weighted by Crippen LogP contribution is 2.23. The molecule has 0 saturated carbocycles. The number of anilines is 1. The predicted octanol–water partition coefficient (Wildman–Crippen LogP) is 1.14. The maximum atomic E-state index is 13.7. The molecule has 6 nitrogen and oxygen atoms in total. The zero-order chi connectivity index (χ0) is 14.0. The Labute approximate surface area is 109 Å². The van der Waals surface area contributed by atoms with Crippen molar-refractivity contribution in [2.45, 2.75) is 0 Å². The second-order valence-electron chi connectivity index (χ2n) is 4.11. The molecule has 100 valence electrons. The van der Waals surface area contributed by atoms with E-state index in [9.17, 15) is 9.18 Å². The number of benzene rings is 1. The molecule has 0 spiro atoms. The van der Waals surface area contributed by atoms with Gasteiger partial charge in [-0.3, -0.25) is 9.36 Å². The van der Waals surface area contributed by atoms with E-state index >= 15 is 0 Å². The summed E-state index contributed by atoms with van der Waals surface area (Å²) in [6.45, 7) is -0.205. The smallest absolute Gasteiger partial charge is 0.323 e. The van der Waals surface area contributed by atoms with E-state index in [4.69, 9.17) is 5.11 Å². The zero-order valence-electron chi connectivity index (χ0n) is 10.5. The van der Waals surface area contributed by atoms with Gasteiger partial charge in [0.1, 0.15) is 12.4 Å². The van der Waals surface area contributed by atoms with Crippen molar-refractivity contribution in [3.8, 4) is 11.4 Å².